The van der Waals surface area contributed by atoms with E-state index in [4.69, 9.17) is 0 Å². The molecule has 6 nitrogen and oxygen atoms in total. The number of alkyl halides is 3. The van der Waals surface area contributed by atoms with Crippen molar-refractivity contribution < 1.29 is 18.3 Å². The smallest absolute Gasteiger partial charge is 0.416 e. The second kappa shape index (κ2) is 6.63. The zero-order valence-electron chi connectivity index (χ0n) is 14.7. The summed E-state index contributed by atoms with van der Waals surface area (Å²) < 4.78 is 41.7. The van der Waals surface area contributed by atoms with Gasteiger partial charge in [-0.3, -0.25) is 9.47 Å². The minimum atomic E-state index is -4.35. The van der Waals surface area contributed by atoms with Crippen molar-refractivity contribution in [2.24, 2.45) is 0 Å². The van der Waals surface area contributed by atoms with E-state index in [9.17, 15) is 23.1 Å². The monoisotopic (exact) mass is 382 g/mol. The lowest BCUT2D eigenvalue weighted by Crippen LogP contribution is -2.47. The van der Waals surface area contributed by atoms with E-state index < -0.39 is 11.7 Å². The van der Waals surface area contributed by atoms with E-state index in [1.165, 1.54) is 16.7 Å². The van der Waals surface area contributed by atoms with Crippen LogP contribution in [0.15, 0.2) is 29.1 Å². The molecule has 0 bridgehead atoms. The van der Waals surface area contributed by atoms with Gasteiger partial charge in [0.05, 0.1) is 17.9 Å². The fourth-order valence-electron chi connectivity index (χ4n) is 3.86. The number of nitrogens with zero attached hydrogens (tertiary/aromatic N) is 4. The van der Waals surface area contributed by atoms with Gasteiger partial charge >= 0.3 is 11.9 Å². The summed E-state index contributed by atoms with van der Waals surface area (Å²) in [5.74, 6) is 0.0396. The fraction of sp³-hybridized carbons (Fsp3) is 0.500. The highest BCUT2D eigenvalue weighted by Gasteiger charge is 2.31. The lowest BCUT2D eigenvalue weighted by Gasteiger charge is -2.36. The van der Waals surface area contributed by atoms with E-state index in [1.54, 1.807) is 10.6 Å². The van der Waals surface area contributed by atoms with Crippen LogP contribution in [0.5, 0.6) is 5.88 Å². The molecular weight excluding hydrogens is 361 g/mol. The van der Waals surface area contributed by atoms with Gasteiger partial charge in [-0.05, 0) is 31.0 Å². The first-order valence-corrected chi connectivity index (χ1v) is 9.00. The van der Waals surface area contributed by atoms with Crippen molar-refractivity contribution in [2.45, 2.75) is 32.2 Å². The van der Waals surface area contributed by atoms with Crippen molar-refractivity contribution in [3.8, 4) is 5.88 Å². The van der Waals surface area contributed by atoms with Gasteiger partial charge in [0.15, 0.2) is 0 Å². The molecule has 1 fully saturated rings. The summed E-state index contributed by atoms with van der Waals surface area (Å²) in [5, 5.41) is 10.3. The van der Waals surface area contributed by atoms with E-state index in [0.717, 1.165) is 12.5 Å². The van der Waals surface area contributed by atoms with E-state index in [-0.39, 0.29) is 11.6 Å². The molecule has 0 atom stereocenters. The summed E-state index contributed by atoms with van der Waals surface area (Å²) in [6.07, 6.45) is -2.78. The molecule has 2 aliphatic heterocycles. The van der Waals surface area contributed by atoms with Crippen molar-refractivity contribution in [1.29, 1.82) is 0 Å². The number of anilines is 1. The van der Waals surface area contributed by atoms with Gasteiger partial charge in [-0.2, -0.15) is 13.2 Å². The highest BCUT2D eigenvalue weighted by molar-refractivity contribution is 5.49. The Balaban J connectivity index is 1.42. The lowest BCUT2D eigenvalue weighted by molar-refractivity contribution is -0.137. The molecule has 0 radical (unpaired) electrons. The SMILES string of the molecule is O=c1n(CN2CCN(c3cccc(C(F)(F)F)c3)CC2)c(O)c2n1CCC2. The normalized spacial score (nSPS) is 18.1. The lowest BCUT2D eigenvalue weighted by atomic mass is 10.1. The Hall–Kier alpha value is -2.42. The average molecular weight is 382 g/mol. The molecule has 146 valence electrons. The zero-order chi connectivity index (χ0) is 19.2. The van der Waals surface area contributed by atoms with Gasteiger partial charge in [-0.1, -0.05) is 6.07 Å². The zero-order valence-corrected chi connectivity index (χ0v) is 14.7. The number of halogens is 3. The number of aromatic nitrogens is 2. The standard InChI is InChI=1S/C18H21F3N4O2/c19-18(20,21)13-3-1-4-14(11-13)23-9-7-22(8-10-23)12-25-16(26)15-5-2-6-24(15)17(25)27/h1,3-4,11,26H,2,5-10,12H2. The van der Waals surface area contributed by atoms with Crippen LogP contribution in [0.4, 0.5) is 18.9 Å². The van der Waals surface area contributed by atoms with Crippen LogP contribution in [-0.2, 0) is 25.8 Å². The van der Waals surface area contributed by atoms with Crippen LogP contribution < -0.4 is 10.6 Å². The van der Waals surface area contributed by atoms with Crippen LogP contribution in [0.3, 0.4) is 0 Å². The average Bonchev–Trinajstić information content (AvgIpc) is 3.22. The van der Waals surface area contributed by atoms with Gasteiger partial charge in [-0.25, -0.2) is 9.36 Å². The number of imidazole rings is 1. The fourth-order valence-corrected chi connectivity index (χ4v) is 3.86. The van der Waals surface area contributed by atoms with Crippen molar-refractivity contribution in [1.82, 2.24) is 14.0 Å². The number of rotatable bonds is 3. The third kappa shape index (κ3) is 3.31. The summed E-state index contributed by atoms with van der Waals surface area (Å²) in [6.45, 7) is 3.25. The summed E-state index contributed by atoms with van der Waals surface area (Å²) in [7, 11) is 0. The van der Waals surface area contributed by atoms with Crippen LogP contribution in [-0.4, -0.2) is 45.3 Å². The van der Waals surface area contributed by atoms with Crippen LogP contribution in [0.25, 0.3) is 0 Å². The van der Waals surface area contributed by atoms with E-state index in [2.05, 4.69) is 0 Å². The molecule has 2 aliphatic rings. The van der Waals surface area contributed by atoms with Crippen LogP contribution in [0.1, 0.15) is 17.7 Å². The summed E-state index contributed by atoms with van der Waals surface area (Å²) in [5.41, 5.74) is 0.400. The molecule has 0 unspecified atom stereocenters. The quantitative estimate of drug-likeness (QED) is 0.884. The predicted octanol–water partition coefficient (Wildman–Crippen LogP) is 2.10. The first-order chi connectivity index (χ1) is 12.8. The third-order valence-corrected chi connectivity index (χ3v) is 5.35. The minimum absolute atomic E-state index is 0.0396. The maximum atomic E-state index is 12.9. The van der Waals surface area contributed by atoms with Crippen molar-refractivity contribution >= 4 is 5.69 Å². The minimum Gasteiger partial charge on any atom is -0.493 e. The van der Waals surface area contributed by atoms with Gasteiger partial charge < -0.3 is 10.0 Å². The Morgan fingerprint density at radius 3 is 2.48 bits per heavy atom. The summed E-state index contributed by atoms with van der Waals surface area (Å²) >= 11 is 0. The Kier molecular flexibility index (Phi) is 4.41. The molecule has 1 N–H and O–H groups in total. The topological polar surface area (TPSA) is 53.6 Å². The maximum Gasteiger partial charge on any atom is 0.416 e. The molecule has 3 heterocycles. The maximum absolute atomic E-state index is 12.9. The van der Waals surface area contributed by atoms with Gasteiger partial charge in [0.1, 0.15) is 0 Å². The first-order valence-electron chi connectivity index (χ1n) is 9.00. The Labute approximate surface area is 154 Å². The molecule has 4 rings (SSSR count). The Morgan fingerprint density at radius 1 is 1.07 bits per heavy atom. The first kappa shape index (κ1) is 18.0. The molecule has 0 saturated carbocycles. The van der Waals surface area contributed by atoms with Crippen molar-refractivity contribution in [3.05, 3.63) is 46.0 Å². The highest BCUT2D eigenvalue weighted by atomic mass is 19.4. The second-order valence-electron chi connectivity index (χ2n) is 7.03. The van der Waals surface area contributed by atoms with Gasteiger partial charge in [0, 0.05) is 38.4 Å². The predicted molar refractivity (Wildman–Crippen MR) is 93.9 cm³/mol. The molecule has 0 spiro atoms. The molecule has 27 heavy (non-hydrogen) atoms. The van der Waals surface area contributed by atoms with E-state index >= 15 is 0 Å². The Morgan fingerprint density at radius 2 is 1.81 bits per heavy atom. The van der Waals surface area contributed by atoms with E-state index in [1.807, 2.05) is 9.80 Å². The second-order valence-corrected chi connectivity index (χ2v) is 7.03. The molecule has 0 amide bonds. The number of aromatic hydroxyl groups is 1. The van der Waals surface area contributed by atoms with Gasteiger partial charge in [0.2, 0.25) is 5.88 Å². The molecule has 0 aliphatic carbocycles. The van der Waals surface area contributed by atoms with Crippen LogP contribution >= 0.6 is 0 Å². The van der Waals surface area contributed by atoms with Crippen molar-refractivity contribution in [3.63, 3.8) is 0 Å². The summed E-state index contributed by atoms with van der Waals surface area (Å²) in [6, 6.07) is 5.34. The highest BCUT2D eigenvalue weighted by Crippen LogP contribution is 2.32. The molecule has 2 aromatic rings. The molecular formula is C18H21F3N4O2. The van der Waals surface area contributed by atoms with Crippen LogP contribution in [0, 0.1) is 0 Å². The number of fused-ring (bicyclic) bond motifs is 1. The van der Waals surface area contributed by atoms with Gasteiger partial charge in [0.25, 0.3) is 0 Å². The van der Waals surface area contributed by atoms with Crippen LogP contribution in [0.2, 0.25) is 0 Å². The number of hydrogen-bond acceptors (Lipinski definition) is 4. The molecule has 1 saturated heterocycles. The molecule has 1 aromatic carbocycles. The third-order valence-electron chi connectivity index (χ3n) is 5.35. The van der Waals surface area contributed by atoms with Crippen molar-refractivity contribution in [2.75, 3.05) is 31.1 Å². The summed E-state index contributed by atoms with van der Waals surface area (Å²) in [4.78, 5) is 16.3. The molecule has 1 aromatic heterocycles. The number of hydrogen-bond donors (Lipinski definition) is 1. The van der Waals surface area contributed by atoms with Gasteiger partial charge in [-0.15, -0.1) is 0 Å². The Bertz CT molecular complexity index is 895. The number of benzene rings is 1. The number of piperazine rings is 1. The largest absolute Gasteiger partial charge is 0.493 e. The van der Waals surface area contributed by atoms with E-state index in [0.29, 0.717) is 57.2 Å². The molecule has 9 heteroatoms.